The molecule has 1 aliphatic heterocycles. The van der Waals surface area contributed by atoms with Gasteiger partial charge in [0.25, 0.3) is 0 Å². The summed E-state index contributed by atoms with van der Waals surface area (Å²) in [4.78, 5) is 36.0. The highest BCUT2D eigenvalue weighted by Crippen LogP contribution is 2.22. The van der Waals surface area contributed by atoms with E-state index < -0.39 is 16.1 Å². The summed E-state index contributed by atoms with van der Waals surface area (Å²) in [5.74, 6) is -0.210. The van der Waals surface area contributed by atoms with Gasteiger partial charge in [0.15, 0.2) is 0 Å². The number of methoxy groups -OCH3 is 1. The Morgan fingerprint density at radius 1 is 1.03 bits per heavy atom. The van der Waals surface area contributed by atoms with Crippen LogP contribution in [-0.4, -0.2) is 62.7 Å². The van der Waals surface area contributed by atoms with Crippen molar-refractivity contribution in [2.75, 3.05) is 25.5 Å². The number of nitrogens with one attached hydrogen (secondary N) is 3. The first-order valence-corrected chi connectivity index (χ1v) is 13.1. The lowest BCUT2D eigenvalue weighted by Crippen LogP contribution is -2.53. The Balaban J connectivity index is 1.59. The average molecular weight is 517 g/mol. The quantitative estimate of drug-likeness (QED) is 0.464. The van der Waals surface area contributed by atoms with Crippen LogP contribution in [0.1, 0.15) is 32.3 Å². The van der Waals surface area contributed by atoms with Crippen molar-refractivity contribution in [3.63, 3.8) is 0 Å². The number of anilines is 1. The van der Waals surface area contributed by atoms with E-state index in [4.69, 9.17) is 4.74 Å². The lowest BCUT2D eigenvalue weighted by atomic mass is 10.0. The number of nitrogens with zero attached hydrogens (tertiary/aromatic N) is 1. The Morgan fingerprint density at radius 2 is 1.69 bits per heavy atom. The van der Waals surface area contributed by atoms with Gasteiger partial charge in [-0.05, 0) is 54.8 Å². The Kier molecular flexibility index (Phi) is 9.05. The molecular weight excluding hydrogens is 484 g/mol. The van der Waals surface area contributed by atoms with Crippen LogP contribution in [0.4, 0.5) is 5.69 Å². The summed E-state index contributed by atoms with van der Waals surface area (Å²) in [6.45, 7) is 3.24. The molecule has 1 saturated heterocycles. The molecular formula is C25H32N4O6S. The van der Waals surface area contributed by atoms with Gasteiger partial charge in [-0.2, -0.15) is 4.31 Å². The first kappa shape index (κ1) is 27.2. The predicted molar refractivity (Wildman–Crippen MR) is 135 cm³/mol. The van der Waals surface area contributed by atoms with Gasteiger partial charge in [0.2, 0.25) is 27.7 Å². The first-order chi connectivity index (χ1) is 17.1. The molecule has 0 aromatic heterocycles. The van der Waals surface area contributed by atoms with Crippen LogP contribution in [0, 0.1) is 0 Å². The summed E-state index contributed by atoms with van der Waals surface area (Å²) in [6.07, 6.45) is 1.19. The van der Waals surface area contributed by atoms with Crippen LogP contribution in [-0.2, 0) is 30.8 Å². The summed E-state index contributed by atoms with van der Waals surface area (Å²) in [7, 11) is -2.14. The Hall–Kier alpha value is -3.44. The number of rotatable bonds is 9. The maximum atomic E-state index is 13.0. The van der Waals surface area contributed by atoms with Gasteiger partial charge in [0.1, 0.15) is 11.8 Å². The van der Waals surface area contributed by atoms with Crippen molar-refractivity contribution in [3.8, 4) is 5.75 Å². The van der Waals surface area contributed by atoms with E-state index in [9.17, 15) is 22.8 Å². The second-order valence-corrected chi connectivity index (χ2v) is 10.6. The van der Waals surface area contributed by atoms with E-state index in [-0.39, 0.29) is 41.7 Å². The number of piperidine rings is 1. The molecule has 36 heavy (non-hydrogen) atoms. The van der Waals surface area contributed by atoms with Crippen LogP contribution in [0.2, 0.25) is 0 Å². The highest BCUT2D eigenvalue weighted by molar-refractivity contribution is 7.89. The third kappa shape index (κ3) is 7.28. The van der Waals surface area contributed by atoms with Crippen molar-refractivity contribution >= 4 is 33.4 Å². The van der Waals surface area contributed by atoms with E-state index in [0.717, 1.165) is 5.56 Å². The fourth-order valence-electron chi connectivity index (χ4n) is 4.09. The molecule has 3 rings (SSSR count). The molecule has 0 bridgehead atoms. The monoisotopic (exact) mass is 516 g/mol. The zero-order valence-corrected chi connectivity index (χ0v) is 21.4. The number of carbonyl (C=O) groups is 3. The van der Waals surface area contributed by atoms with E-state index in [1.54, 1.807) is 25.3 Å². The van der Waals surface area contributed by atoms with Crippen LogP contribution >= 0.6 is 0 Å². The first-order valence-electron chi connectivity index (χ1n) is 11.7. The maximum Gasteiger partial charge on any atom is 0.243 e. The molecule has 10 nitrogen and oxygen atoms in total. The Bertz CT molecular complexity index is 1190. The predicted octanol–water partition coefficient (Wildman–Crippen LogP) is 1.67. The molecule has 1 fully saturated rings. The molecule has 0 unspecified atom stereocenters. The van der Waals surface area contributed by atoms with Gasteiger partial charge >= 0.3 is 0 Å². The standard InChI is InChI=1S/C25H32N4O6S/c1-17(30)26-20-7-9-23(10-8-20)36(33,34)29-13-11-21(12-14-29)28-25(32)24(27-18(2)31)16-19-5-4-6-22(15-19)35-3/h4-10,15,21,24H,11-14,16H2,1-3H3,(H,26,30)(H,27,31)(H,28,32)/t24-/m1/s1. The highest BCUT2D eigenvalue weighted by atomic mass is 32.2. The fourth-order valence-corrected chi connectivity index (χ4v) is 5.56. The summed E-state index contributed by atoms with van der Waals surface area (Å²) in [6, 6.07) is 12.3. The van der Waals surface area contributed by atoms with Gasteiger partial charge in [-0.1, -0.05) is 12.1 Å². The van der Waals surface area contributed by atoms with Crippen LogP contribution in [0.5, 0.6) is 5.75 Å². The third-order valence-electron chi connectivity index (χ3n) is 5.88. The second-order valence-electron chi connectivity index (χ2n) is 8.70. The SMILES string of the molecule is COc1cccc(C[C@@H](NC(C)=O)C(=O)NC2CCN(S(=O)(=O)c3ccc(NC(C)=O)cc3)CC2)c1. The maximum absolute atomic E-state index is 13.0. The molecule has 2 aromatic carbocycles. The molecule has 0 saturated carbocycles. The molecule has 2 aromatic rings. The molecule has 1 aliphatic rings. The minimum absolute atomic E-state index is 0.142. The van der Waals surface area contributed by atoms with E-state index in [1.165, 1.54) is 30.3 Å². The molecule has 0 aliphatic carbocycles. The second kappa shape index (κ2) is 12.0. The number of sulfonamides is 1. The summed E-state index contributed by atoms with van der Waals surface area (Å²) < 4.78 is 32.7. The van der Waals surface area contributed by atoms with Crippen LogP contribution in [0.3, 0.4) is 0 Å². The van der Waals surface area contributed by atoms with E-state index in [1.807, 2.05) is 18.2 Å². The van der Waals surface area contributed by atoms with Crippen molar-refractivity contribution in [1.82, 2.24) is 14.9 Å². The fraction of sp³-hybridized carbons (Fsp3) is 0.400. The van der Waals surface area contributed by atoms with E-state index in [2.05, 4.69) is 16.0 Å². The zero-order valence-electron chi connectivity index (χ0n) is 20.6. The molecule has 3 amide bonds. The summed E-state index contributed by atoms with van der Waals surface area (Å²) >= 11 is 0. The van der Waals surface area contributed by atoms with Crippen LogP contribution < -0.4 is 20.7 Å². The molecule has 0 radical (unpaired) electrons. The van der Waals surface area contributed by atoms with Crippen molar-refractivity contribution in [2.45, 2.75) is 50.1 Å². The molecule has 0 spiro atoms. The van der Waals surface area contributed by atoms with Crippen molar-refractivity contribution in [2.24, 2.45) is 0 Å². The minimum atomic E-state index is -3.70. The molecule has 1 heterocycles. The van der Waals surface area contributed by atoms with Gasteiger partial charge < -0.3 is 20.7 Å². The van der Waals surface area contributed by atoms with Gasteiger partial charge in [-0.3, -0.25) is 14.4 Å². The van der Waals surface area contributed by atoms with Crippen molar-refractivity contribution in [1.29, 1.82) is 0 Å². The highest BCUT2D eigenvalue weighted by Gasteiger charge is 2.31. The van der Waals surface area contributed by atoms with E-state index in [0.29, 0.717) is 30.7 Å². The molecule has 3 N–H and O–H groups in total. The lowest BCUT2D eigenvalue weighted by molar-refractivity contribution is -0.128. The number of hydrogen-bond donors (Lipinski definition) is 3. The molecule has 194 valence electrons. The third-order valence-corrected chi connectivity index (χ3v) is 7.79. The average Bonchev–Trinajstić information content (AvgIpc) is 2.84. The number of amides is 3. The number of hydrogen-bond acceptors (Lipinski definition) is 6. The topological polar surface area (TPSA) is 134 Å². The molecule has 11 heteroatoms. The number of ether oxygens (including phenoxy) is 1. The normalized spacial score (nSPS) is 15.5. The lowest BCUT2D eigenvalue weighted by Gasteiger charge is -2.32. The largest absolute Gasteiger partial charge is 0.497 e. The summed E-state index contributed by atoms with van der Waals surface area (Å²) in [5.41, 5.74) is 1.36. The number of benzene rings is 2. The minimum Gasteiger partial charge on any atom is -0.497 e. The van der Waals surface area contributed by atoms with Crippen LogP contribution in [0.15, 0.2) is 53.4 Å². The van der Waals surface area contributed by atoms with Gasteiger partial charge in [-0.25, -0.2) is 8.42 Å². The van der Waals surface area contributed by atoms with Crippen molar-refractivity contribution < 1.29 is 27.5 Å². The summed E-state index contributed by atoms with van der Waals surface area (Å²) in [5, 5.41) is 8.27. The van der Waals surface area contributed by atoms with Gasteiger partial charge in [0.05, 0.1) is 12.0 Å². The van der Waals surface area contributed by atoms with Gasteiger partial charge in [0, 0.05) is 45.1 Å². The number of carbonyl (C=O) groups excluding carboxylic acids is 3. The smallest absolute Gasteiger partial charge is 0.243 e. The molecule has 1 atom stereocenters. The Labute approximate surface area is 211 Å². The van der Waals surface area contributed by atoms with Crippen LogP contribution in [0.25, 0.3) is 0 Å². The zero-order chi connectivity index (χ0) is 26.3. The van der Waals surface area contributed by atoms with E-state index >= 15 is 0 Å². The van der Waals surface area contributed by atoms with Gasteiger partial charge in [-0.15, -0.1) is 0 Å². The Morgan fingerprint density at radius 3 is 2.28 bits per heavy atom. The van der Waals surface area contributed by atoms with Crippen molar-refractivity contribution in [3.05, 3.63) is 54.1 Å².